The smallest absolute Gasteiger partial charge is 0.231 e. The van der Waals surface area contributed by atoms with E-state index in [1.165, 1.54) is 6.39 Å². The maximum absolute atomic E-state index is 12.6. The highest BCUT2D eigenvalue weighted by molar-refractivity contribution is 5.93. The molecular formula is C20H18N2O4. The summed E-state index contributed by atoms with van der Waals surface area (Å²) in [6.07, 6.45) is 3.65. The number of fused-ring (bicyclic) bond motifs is 1. The van der Waals surface area contributed by atoms with Crippen LogP contribution in [-0.2, 0) is 11.2 Å². The van der Waals surface area contributed by atoms with Gasteiger partial charge in [-0.3, -0.25) is 4.79 Å². The third-order valence-corrected chi connectivity index (χ3v) is 4.42. The van der Waals surface area contributed by atoms with Crippen LogP contribution < -0.4 is 14.8 Å². The number of amides is 1. The molecule has 2 heterocycles. The maximum atomic E-state index is 12.6. The van der Waals surface area contributed by atoms with E-state index in [4.69, 9.17) is 13.9 Å². The van der Waals surface area contributed by atoms with Gasteiger partial charge in [0.15, 0.2) is 12.2 Å². The summed E-state index contributed by atoms with van der Waals surface area (Å²) >= 11 is 0. The number of benzene rings is 2. The molecule has 2 aromatic carbocycles. The SMILES string of the molecule is COc1cc(NC(=O)C2COc3ccccc3C2)ccc1-c1cnco1. The van der Waals surface area contributed by atoms with E-state index in [1.54, 1.807) is 19.4 Å². The van der Waals surface area contributed by atoms with Crippen molar-refractivity contribution in [2.24, 2.45) is 5.92 Å². The third kappa shape index (κ3) is 3.13. The Morgan fingerprint density at radius 2 is 2.15 bits per heavy atom. The highest BCUT2D eigenvalue weighted by Gasteiger charge is 2.26. The Kier molecular flexibility index (Phi) is 4.31. The minimum Gasteiger partial charge on any atom is -0.496 e. The van der Waals surface area contributed by atoms with Crippen LogP contribution in [0.4, 0.5) is 5.69 Å². The molecule has 1 unspecified atom stereocenters. The first kappa shape index (κ1) is 16.2. The average Bonchev–Trinajstić information content (AvgIpc) is 3.22. The van der Waals surface area contributed by atoms with Crippen LogP contribution in [0.15, 0.2) is 59.5 Å². The number of para-hydroxylation sites is 1. The van der Waals surface area contributed by atoms with Gasteiger partial charge in [-0.2, -0.15) is 0 Å². The fourth-order valence-corrected chi connectivity index (χ4v) is 3.06. The van der Waals surface area contributed by atoms with Crippen molar-refractivity contribution in [2.75, 3.05) is 19.0 Å². The van der Waals surface area contributed by atoms with Crippen LogP contribution in [0.25, 0.3) is 11.3 Å². The number of nitrogens with zero attached hydrogens (tertiary/aromatic N) is 1. The summed E-state index contributed by atoms with van der Waals surface area (Å²) in [5.74, 6) is 1.76. The third-order valence-electron chi connectivity index (χ3n) is 4.42. The Bertz CT molecular complexity index is 921. The largest absolute Gasteiger partial charge is 0.496 e. The van der Waals surface area contributed by atoms with Crippen LogP contribution in [0.5, 0.6) is 11.5 Å². The van der Waals surface area contributed by atoms with Crippen molar-refractivity contribution in [1.29, 1.82) is 0 Å². The number of oxazole rings is 1. The van der Waals surface area contributed by atoms with Gasteiger partial charge in [-0.05, 0) is 30.2 Å². The van der Waals surface area contributed by atoms with Crippen molar-refractivity contribution < 1.29 is 18.7 Å². The minimum absolute atomic E-state index is 0.0750. The number of ether oxygens (including phenoxy) is 2. The average molecular weight is 350 g/mol. The molecule has 1 aliphatic heterocycles. The number of carbonyl (C=O) groups excluding carboxylic acids is 1. The lowest BCUT2D eigenvalue weighted by molar-refractivity contribution is -0.121. The standard InChI is InChI=1S/C20H18N2O4/c1-24-18-9-15(6-7-16(18)19-10-21-12-26-19)22-20(23)14-8-13-4-2-3-5-17(13)25-11-14/h2-7,9-10,12,14H,8,11H2,1H3,(H,22,23). The fourth-order valence-electron chi connectivity index (χ4n) is 3.06. The van der Waals surface area contributed by atoms with Crippen molar-refractivity contribution in [1.82, 2.24) is 4.98 Å². The monoisotopic (exact) mass is 350 g/mol. The first-order valence-corrected chi connectivity index (χ1v) is 8.33. The summed E-state index contributed by atoms with van der Waals surface area (Å²) < 4.78 is 16.4. The van der Waals surface area contributed by atoms with Gasteiger partial charge >= 0.3 is 0 Å². The lowest BCUT2D eigenvalue weighted by Crippen LogP contribution is -2.32. The van der Waals surface area contributed by atoms with Crippen LogP contribution in [-0.4, -0.2) is 24.6 Å². The zero-order valence-electron chi connectivity index (χ0n) is 14.3. The predicted molar refractivity (Wildman–Crippen MR) is 96.3 cm³/mol. The van der Waals surface area contributed by atoms with Gasteiger partial charge < -0.3 is 19.2 Å². The minimum atomic E-state index is -0.232. The number of hydrogen-bond acceptors (Lipinski definition) is 5. The van der Waals surface area contributed by atoms with Crippen LogP contribution in [0, 0.1) is 5.92 Å². The molecular weight excluding hydrogens is 332 g/mol. The van der Waals surface area contributed by atoms with Crippen molar-refractivity contribution >= 4 is 11.6 Å². The van der Waals surface area contributed by atoms with E-state index in [0.717, 1.165) is 16.9 Å². The highest BCUT2D eigenvalue weighted by atomic mass is 16.5. The molecule has 1 N–H and O–H groups in total. The molecule has 4 rings (SSSR count). The number of anilines is 1. The van der Waals surface area contributed by atoms with E-state index in [-0.39, 0.29) is 11.8 Å². The Balaban J connectivity index is 1.50. The molecule has 3 aromatic rings. The first-order valence-electron chi connectivity index (χ1n) is 8.33. The highest BCUT2D eigenvalue weighted by Crippen LogP contribution is 2.33. The quantitative estimate of drug-likeness (QED) is 0.779. The number of nitrogens with one attached hydrogen (secondary N) is 1. The molecule has 0 aliphatic carbocycles. The topological polar surface area (TPSA) is 73.6 Å². The Labute approximate surface area is 150 Å². The summed E-state index contributed by atoms with van der Waals surface area (Å²) in [5, 5.41) is 2.94. The van der Waals surface area contributed by atoms with Gasteiger partial charge in [0.25, 0.3) is 0 Å². The molecule has 0 radical (unpaired) electrons. The number of rotatable bonds is 4. The molecule has 0 saturated heterocycles. The zero-order chi connectivity index (χ0) is 17.9. The Morgan fingerprint density at radius 1 is 1.27 bits per heavy atom. The van der Waals surface area contributed by atoms with Crippen molar-refractivity contribution in [2.45, 2.75) is 6.42 Å². The summed E-state index contributed by atoms with van der Waals surface area (Å²) in [5.41, 5.74) is 2.49. The first-order chi connectivity index (χ1) is 12.7. The molecule has 132 valence electrons. The van der Waals surface area contributed by atoms with Gasteiger partial charge in [0.05, 0.1) is 24.8 Å². The number of carbonyl (C=O) groups is 1. The van der Waals surface area contributed by atoms with Gasteiger partial charge in [0.2, 0.25) is 5.91 Å². The van der Waals surface area contributed by atoms with Gasteiger partial charge in [-0.25, -0.2) is 4.98 Å². The summed E-state index contributed by atoms with van der Waals surface area (Å²) in [4.78, 5) is 16.5. The maximum Gasteiger partial charge on any atom is 0.231 e. The number of aromatic nitrogens is 1. The molecule has 0 saturated carbocycles. The summed E-state index contributed by atoms with van der Waals surface area (Å²) in [6, 6.07) is 13.2. The number of methoxy groups -OCH3 is 1. The van der Waals surface area contributed by atoms with E-state index < -0.39 is 0 Å². The fraction of sp³-hybridized carbons (Fsp3) is 0.200. The zero-order valence-corrected chi connectivity index (χ0v) is 14.3. The van der Waals surface area contributed by atoms with Crippen LogP contribution in [0.2, 0.25) is 0 Å². The molecule has 0 bridgehead atoms. The van der Waals surface area contributed by atoms with Crippen molar-refractivity contribution in [3.8, 4) is 22.8 Å². The van der Waals surface area contributed by atoms with E-state index in [0.29, 0.717) is 30.2 Å². The Morgan fingerprint density at radius 3 is 2.96 bits per heavy atom. The van der Waals surface area contributed by atoms with Crippen molar-refractivity contribution in [3.05, 3.63) is 60.6 Å². The molecule has 6 nitrogen and oxygen atoms in total. The molecule has 0 spiro atoms. The van der Waals surface area contributed by atoms with E-state index in [1.807, 2.05) is 36.4 Å². The van der Waals surface area contributed by atoms with Crippen LogP contribution >= 0.6 is 0 Å². The lowest BCUT2D eigenvalue weighted by atomic mass is 9.96. The van der Waals surface area contributed by atoms with E-state index in [9.17, 15) is 4.79 Å². The van der Waals surface area contributed by atoms with Gasteiger partial charge in [0.1, 0.15) is 18.1 Å². The Hall–Kier alpha value is -3.28. The molecule has 1 aromatic heterocycles. The van der Waals surface area contributed by atoms with Crippen LogP contribution in [0.1, 0.15) is 5.56 Å². The second kappa shape index (κ2) is 6.92. The van der Waals surface area contributed by atoms with E-state index in [2.05, 4.69) is 10.3 Å². The van der Waals surface area contributed by atoms with E-state index >= 15 is 0 Å². The van der Waals surface area contributed by atoms with Crippen molar-refractivity contribution in [3.63, 3.8) is 0 Å². The normalized spacial score (nSPS) is 15.7. The van der Waals surface area contributed by atoms with Gasteiger partial charge in [-0.1, -0.05) is 18.2 Å². The molecule has 1 amide bonds. The lowest BCUT2D eigenvalue weighted by Gasteiger charge is -2.24. The molecule has 1 aliphatic rings. The molecule has 6 heteroatoms. The second-order valence-corrected chi connectivity index (χ2v) is 6.09. The summed E-state index contributed by atoms with van der Waals surface area (Å²) in [6.45, 7) is 0.371. The van der Waals surface area contributed by atoms with Crippen LogP contribution in [0.3, 0.4) is 0 Å². The predicted octanol–water partition coefficient (Wildman–Crippen LogP) is 3.54. The van der Waals surface area contributed by atoms with Gasteiger partial charge in [-0.15, -0.1) is 0 Å². The molecule has 1 atom stereocenters. The van der Waals surface area contributed by atoms with Gasteiger partial charge in [0, 0.05) is 11.8 Å². The second-order valence-electron chi connectivity index (χ2n) is 6.09. The molecule has 0 fully saturated rings. The summed E-state index contributed by atoms with van der Waals surface area (Å²) in [7, 11) is 1.58. The number of hydrogen-bond donors (Lipinski definition) is 1. The molecule has 26 heavy (non-hydrogen) atoms.